The molecule has 1 saturated heterocycles. The lowest BCUT2D eigenvalue weighted by Crippen LogP contribution is -2.60. The molecule has 0 aromatic heterocycles. The van der Waals surface area contributed by atoms with Crippen LogP contribution in [0.2, 0.25) is 0 Å². The number of hydrogen-bond donors (Lipinski definition) is 6. The quantitative estimate of drug-likeness (QED) is 0.0265. The molecule has 9 heteroatoms. The standard InChI is InChI=1S/C47H91NO8/c1-3-5-7-9-11-13-15-17-19-21-23-25-27-29-31-33-35-37-43(51)48-40(39-55-47-46(54)45(53)44(52)42(38-49)56-47)41(50)36-34-32-30-28-26-24-22-20-18-16-14-12-10-8-6-4-2/h34,36,40-42,44-47,49-50,52-54H,3-33,35,37-39H2,1-2H3,(H,48,51)/b36-34+/t40-,41+,42-,44-,45?,46?,47-/m0/s1. The third-order valence-corrected chi connectivity index (χ3v) is 11.6. The Hall–Kier alpha value is -1.07. The molecule has 1 heterocycles. The van der Waals surface area contributed by atoms with E-state index in [2.05, 4.69) is 19.2 Å². The Bertz CT molecular complexity index is 888. The van der Waals surface area contributed by atoms with Gasteiger partial charge >= 0.3 is 0 Å². The molecule has 1 aliphatic rings. The second-order valence-electron chi connectivity index (χ2n) is 16.9. The van der Waals surface area contributed by atoms with Crippen molar-refractivity contribution < 1.29 is 39.8 Å². The van der Waals surface area contributed by atoms with Crippen LogP contribution in [0.1, 0.15) is 226 Å². The molecule has 0 aromatic carbocycles. The van der Waals surface area contributed by atoms with Crippen LogP contribution in [-0.2, 0) is 14.3 Å². The molecule has 9 nitrogen and oxygen atoms in total. The zero-order chi connectivity index (χ0) is 40.9. The van der Waals surface area contributed by atoms with E-state index < -0.39 is 49.5 Å². The zero-order valence-electron chi connectivity index (χ0n) is 36.4. The molecule has 6 N–H and O–H groups in total. The lowest BCUT2D eigenvalue weighted by Gasteiger charge is -2.40. The Balaban J connectivity index is 2.33. The Kier molecular flexibility index (Phi) is 36.1. The number of hydrogen-bond acceptors (Lipinski definition) is 8. The van der Waals surface area contributed by atoms with Gasteiger partial charge in [-0.3, -0.25) is 4.79 Å². The van der Waals surface area contributed by atoms with Crippen molar-refractivity contribution in [1.82, 2.24) is 5.32 Å². The average Bonchev–Trinajstić information content (AvgIpc) is 3.20. The highest BCUT2D eigenvalue weighted by Gasteiger charge is 2.44. The SMILES string of the molecule is CCCCCCCCCCCCCCCC/C=C/[C@@H](O)[C@H](CO[C@H]1O[C@@H](CO)[C@H](O)C(O)C1O)NC(=O)CCCCCCCCCCCCCCCCCCC. The molecule has 0 bridgehead atoms. The number of aliphatic hydroxyl groups excluding tert-OH is 5. The van der Waals surface area contributed by atoms with Crippen LogP contribution in [0.4, 0.5) is 0 Å². The third kappa shape index (κ3) is 28.4. The van der Waals surface area contributed by atoms with Gasteiger partial charge in [0.1, 0.15) is 24.4 Å². The number of aliphatic hydroxyl groups is 5. The van der Waals surface area contributed by atoms with Crippen LogP contribution in [0.25, 0.3) is 0 Å². The predicted molar refractivity (Wildman–Crippen MR) is 231 cm³/mol. The summed E-state index contributed by atoms with van der Waals surface area (Å²) in [6.07, 6.45) is 36.8. The van der Waals surface area contributed by atoms with Crippen LogP contribution in [-0.4, -0.2) is 87.5 Å². The first-order valence-electron chi connectivity index (χ1n) is 23.9. The summed E-state index contributed by atoms with van der Waals surface area (Å²) < 4.78 is 11.2. The van der Waals surface area contributed by atoms with E-state index in [0.29, 0.717) is 6.42 Å². The van der Waals surface area contributed by atoms with Gasteiger partial charge in [0.2, 0.25) is 5.91 Å². The molecule has 1 fully saturated rings. The summed E-state index contributed by atoms with van der Waals surface area (Å²) >= 11 is 0. The molecule has 2 unspecified atom stereocenters. The molecule has 1 amide bonds. The molecular formula is C47H91NO8. The molecule has 1 rings (SSSR count). The summed E-state index contributed by atoms with van der Waals surface area (Å²) in [6.45, 7) is 3.79. The molecule has 0 aliphatic carbocycles. The lowest BCUT2D eigenvalue weighted by molar-refractivity contribution is -0.302. The van der Waals surface area contributed by atoms with Crippen LogP contribution in [0, 0.1) is 0 Å². The highest BCUT2D eigenvalue weighted by Crippen LogP contribution is 2.23. The number of ether oxygens (including phenoxy) is 2. The number of nitrogens with one attached hydrogen (secondary N) is 1. The van der Waals surface area contributed by atoms with Gasteiger partial charge in [-0.05, 0) is 19.3 Å². The largest absolute Gasteiger partial charge is 0.394 e. The Morgan fingerprint density at radius 2 is 0.982 bits per heavy atom. The minimum absolute atomic E-state index is 0.173. The summed E-state index contributed by atoms with van der Waals surface area (Å²) in [5.74, 6) is -0.173. The van der Waals surface area contributed by atoms with Crippen molar-refractivity contribution in [2.75, 3.05) is 13.2 Å². The third-order valence-electron chi connectivity index (χ3n) is 11.6. The van der Waals surface area contributed by atoms with Gasteiger partial charge in [0.25, 0.3) is 0 Å². The number of allylic oxidation sites excluding steroid dienone is 1. The number of carbonyl (C=O) groups is 1. The monoisotopic (exact) mass is 798 g/mol. The molecule has 0 aromatic rings. The maximum absolute atomic E-state index is 13.0. The lowest BCUT2D eigenvalue weighted by atomic mass is 9.99. The van der Waals surface area contributed by atoms with Crippen molar-refractivity contribution >= 4 is 5.91 Å². The fourth-order valence-corrected chi connectivity index (χ4v) is 7.75. The zero-order valence-corrected chi connectivity index (χ0v) is 36.4. The number of rotatable bonds is 40. The second kappa shape index (κ2) is 38.2. The first-order valence-corrected chi connectivity index (χ1v) is 23.9. The summed E-state index contributed by atoms with van der Waals surface area (Å²) in [6, 6.07) is -0.798. The smallest absolute Gasteiger partial charge is 0.220 e. The first-order chi connectivity index (χ1) is 27.3. The predicted octanol–water partition coefficient (Wildman–Crippen LogP) is 10.1. The summed E-state index contributed by atoms with van der Waals surface area (Å²) in [5, 5.41) is 54.2. The van der Waals surface area contributed by atoms with Crippen LogP contribution >= 0.6 is 0 Å². The molecule has 1 aliphatic heterocycles. The topological polar surface area (TPSA) is 149 Å². The van der Waals surface area contributed by atoms with Gasteiger partial charge < -0.3 is 40.3 Å². The van der Waals surface area contributed by atoms with Gasteiger partial charge in [-0.2, -0.15) is 0 Å². The van der Waals surface area contributed by atoms with Gasteiger partial charge in [0.05, 0.1) is 25.4 Å². The molecular weight excluding hydrogens is 707 g/mol. The minimum atomic E-state index is -1.56. The molecule has 0 radical (unpaired) electrons. The van der Waals surface area contributed by atoms with Crippen molar-refractivity contribution in [3.05, 3.63) is 12.2 Å². The number of unbranched alkanes of at least 4 members (excludes halogenated alkanes) is 30. The molecule has 0 saturated carbocycles. The maximum atomic E-state index is 13.0. The van der Waals surface area contributed by atoms with Gasteiger partial charge in [-0.15, -0.1) is 0 Å². The van der Waals surface area contributed by atoms with E-state index in [4.69, 9.17) is 9.47 Å². The Morgan fingerprint density at radius 3 is 1.39 bits per heavy atom. The van der Waals surface area contributed by atoms with E-state index in [1.165, 1.54) is 167 Å². The van der Waals surface area contributed by atoms with Gasteiger partial charge in [-0.1, -0.05) is 212 Å². The molecule has 332 valence electrons. The van der Waals surface area contributed by atoms with Gasteiger partial charge in [-0.25, -0.2) is 0 Å². The fraction of sp³-hybridized carbons (Fsp3) is 0.936. The fourth-order valence-electron chi connectivity index (χ4n) is 7.75. The van der Waals surface area contributed by atoms with Crippen LogP contribution in [0.3, 0.4) is 0 Å². The van der Waals surface area contributed by atoms with Crippen molar-refractivity contribution in [3.63, 3.8) is 0 Å². The van der Waals surface area contributed by atoms with Crippen molar-refractivity contribution in [1.29, 1.82) is 0 Å². The van der Waals surface area contributed by atoms with E-state index in [1.54, 1.807) is 6.08 Å². The van der Waals surface area contributed by atoms with Crippen molar-refractivity contribution in [3.8, 4) is 0 Å². The van der Waals surface area contributed by atoms with Gasteiger partial charge in [0, 0.05) is 6.42 Å². The minimum Gasteiger partial charge on any atom is -0.394 e. The molecule has 56 heavy (non-hydrogen) atoms. The highest BCUT2D eigenvalue weighted by atomic mass is 16.7. The number of amides is 1. The first kappa shape index (κ1) is 52.9. The van der Waals surface area contributed by atoms with E-state index in [0.717, 1.165) is 38.5 Å². The summed E-state index contributed by atoms with van der Waals surface area (Å²) in [4.78, 5) is 13.0. The molecule has 0 spiro atoms. The van der Waals surface area contributed by atoms with Crippen molar-refractivity contribution in [2.24, 2.45) is 0 Å². The highest BCUT2D eigenvalue weighted by molar-refractivity contribution is 5.76. The van der Waals surface area contributed by atoms with Crippen LogP contribution < -0.4 is 5.32 Å². The van der Waals surface area contributed by atoms with Crippen LogP contribution in [0.5, 0.6) is 0 Å². The van der Waals surface area contributed by atoms with Gasteiger partial charge in [0.15, 0.2) is 6.29 Å². The number of carbonyl (C=O) groups excluding carboxylic acids is 1. The Labute approximate surface area is 344 Å². The Morgan fingerprint density at radius 1 is 0.589 bits per heavy atom. The van der Waals surface area contributed by atoms with E-state index in [-0.39, 0.29) is 12.5 Å². The average molecular weight is 798 g/mol. The summed E-state index contributed by atoms with van der Waals surface area (Å²) in [7, 11) is 0. The normalized spacial score (nSPS) is 21.2. The molecule has 7 atom stereocenters. The van der Waals surface area contributed by atoms with E-state index >= 15 is 0 Å². The second-order valence-corrected chi connectivity index (χ2v) is 16.9. The summed E-state index contributed by atoms with van der Waals surface area (Å²) in [5.41, 5.74) is 0. The van der Waals surface area contributed by atoms with Crippen LogP contribution in [0.15, 0.2) is 12.2 Å². The maximum Gasteiger partial charge on any atom is 0.220 e. The van der Waals surface area contributed by atoms with E-state index in [9.17, 15) is 30.3 Å². The van der Waals surface area contributed by atoms with Crippen molar-refractivity contribution in [2.45, 2.75) is 269 Å². The van der Waals surface area contributed by atoms with E-state index in [1.807, 2.05) is 6.08 Å².